The van der Waals surface area contributed by atoms with Gasteiger partial charge in [-0.1, -0.05) is 28.1 Å². The third kappa shape index (κ3) is 3.80. The molecular formula is C20H18BrNO4. The summed E-state index contributed by atoms with van der Waals surface area (Å²) < 4.78 is 5.74. The highest BCUT2D eigenvalue weighted by molar-refractivity contribution is 9.10. The summed E-state index contributed by atoms with van der Waals surface area (Å²) in [4.78, 5) is 26.1. The summed E-state index contributed by atoms with van der Waals surface area (Å²) in [6.45, 7) is 0.687. The van der Waals surface area contributed by atoms with Gasteiger partial charge in [-0.25, -0.2) is 0 Å². The molecule has 0 aliphatic carbocycles. The molecule has 1 aliphatic heterocycles. The highest BCUT2D eigenvalue weighted by atomic mass is 79.9. The number of anilines is 1. The van der Waals surface area contributed by atoms with Crippen molar-refractivity contribution >= 4 is 39.4 Å². The molecule has 6 heteroatoms. The Hall–Kier alpha value is -2.60. The molecule has 0 atom stereocenters. The summed E-state index contributed by atoms with van der Waals surface area (Å²) >= 11 is 3.36. The average Bonchev–Trinajstić information content (AvgIpc) is 3.07. The maximum atomic E-state index is 12.5. The van der Waals surface area contributed by atoms with Crippen LogP contribution in [0.25, 0.3) is 6.08 Å². The number of phenolic OH excluding ortho intramolecular Hbond substituents is 1. The predicted molar refractivity (Wildman–Crippen MR) is 104 cm³/mol. The van der Waals surface area contributed by atoms with E-state index >= 15 is 0 Å². The molecule has 2 aromatic carbocycles. The lowest BCUT2D eigenvalue weighted by Gasteiger charge is -2.16. The van der Waals surface area contributed by atoms with Gasteiger partial charge in [0.15, 0.2) is 17.3 Å². The minimum absolute atomic E-state index is 0.0193. The monoisotopic (exact) mass is 415 g/mol. The van der Waals surface area contributed by atoms with Crippen LogP contribution in [0.15, 0.2) is 46.9 Å². The van der Waals surface area contributed by atoms with Crippen LogP contribution in [0, 0.1) is 0 Å². The van der Waals surface area contributed by atoms with E-state index in [0.29, 0.717) is 34.3 Å². The van der Waals surface area contributed by atoms with Crippen LogP contribution in [0.1, 0.15) is 28.8 Å². The number of nitrogens with zero attached hydrogens (tertiary/aromatic N) is 1. The Balaban J connectivity index is 1.82. The van der Waals surface area contributed by atoms with Gasteiger partial charge in [-0.2, -0.15) is 0 Å². The second-order valence-corrected chi connectivity index (χ2v) is 6.80. The molecule has 0 radical (unpaired) electrons. The van der Waals surface area contributed by atoms with Crippen molar-refractivity contribution in [3.8, 4) is 11.5 Å². The topological polar surface area (TPSA) is 66.8 Å². The standard InChI is InChI=1S/C20H18BrNO4/c1-26-19-11-13(16(21)12-18(19)24)7-8-17(23)14-4-2-5-15(10-14)22-9-3-6-20(22)25/h2,4-5,7-8,10-12,24H,3,6,9H2,1H3. The number of allylic oxidation sites excluding steroid dienone is 1. The predicted octanol–water partition coefficient (Wildman–Crippen LogP) is 4.19. The zero-order chi connectivity index (χ0) is 18.7. The van der Waals surface area contributed by atoms with E-state index in [4.69, 9.17) is 4.74 Å². The summed E-state index contributed by atoms with van der Waals surface area (Å²) in [5.74, 6) is 0.267. The van der Waals surface area contributed by atoms with Crippen molar-refractivity contribution in [3.63, 3.8) is 0 Å². The highest BCUT2D eigenvalue weighted by Crippen LogP contribution is 2.33. The van der Waals surface area contributed by atoms with Gasteiger partial charge in [0.25, 0.3) is 0 Å². The van der Waals surface area contributed by atoms with Crippen LogP contribution in [0.4, 0.5) is 5.69 Å². The number of methoxy groups -OCH3 is 1. The summed E-state index contributed by atoms with van der Waals surface area (Å²) in [5.41, 5.74) is 1.97. The zero-order valence-electron chi connectivity index (χ0n) is 14.2. The van der Waals surface area contributed by atoms with Crippen molar-refractivity contribution in [2.45, 2.75) is 12.8 Å². The van der Waals surface area contributed by atoms with Crippen molar-refractivity contribution in [2.24, 2.45) is 0 Å². The quantitative estimate of drug-likeness (QED) is 0.587. The van der Waals surface area contributed by atoms with Gasteiger partial charge in [-0.3, -0.25) is 9.59 Å². The van der Waals surface area contributed by atoms with Crippen LogP contribution < -0.4 is 9.64 Å². The summed E-state index contributed by atoms with van der Waals surface area (Å²) in [7, 11) is 1.47. The molecule has 26 heavy (non-hydrogen) atoms. The highest BCUT2D eigenvalue weighted by Gasteiger charge is 2.22. The van der Waals surface area contributed by atoms with Crippen molar-refractivity contribution in [1.29, 1.82) is 0 Å². The average molecular weight is 416 g/mol. The first-order valence-electron chi connectivity index (χ1n) is 8.19. The number of rotatable bonds is 5. The molecule has 134 valence electrons. The lowest BCUT2D eigenvalue weighted by Crippen LogP contribution is -2.23. The van der Waals surface area contributed by atoms with Crippen LogP contribution in [-0.4, -0.2) is 30.5 Å². The molecule has 0 aromatic heterocycles. The number of hydrogen-bond acceptors (Lipinski definition) is 4. The number of ketones is 1. The Bertz CT molecular complexity index is 891. The first-order chi connectivity index (χ1) is 12.5. The van der Waals surface area contributed by atoms with Crippen LogP contribution in [0.2, 0.25) is 0 Å². The molecule has 0 saturated carbocycles. The molecule has 3 rings (SSSR count). The van der Waals surface area contributed by atoms with Crippen molar-refractivity contribution in [2.75, 3.05) is 18.6 Å². The number of benzene rings is 2. The maximum absolute atomic E-state index is 12.5. The minimum atomic E-state index is -0.169. The first kappa shape index (κ1) is 18.2. The molecule has 1 fully saturated rings. The van der Waals surface area contributed by atoms with Gasteiger partial charge >= 0.3 is 0 Å². The molecule has 0 bridgehead atoms. The molecule has 1 heterocycles. The van der Waals surface area contributed by atoms with Crippen molar-refractivity contribution in [1.82, 2.24) is 0 Å². The van der Waals surface area contributed by atoms with Gasteiger partial charge in [0.1, 0.15) is 0 Å². The summed E-state index contributed by atoms with van der Waals surface area (Å²) in [5, 5.41) is 9.75. The second kappa shape index (κ2) is 7.74. The number of ether oxygens (including phenoxy) is 1. The third-order valence-corrected chi connectivity index (χ3v) is 4.91. The number of aromatic hydroxyl groups is 1. The maximum Gasteiger partial charge on any atom is 0.227 e. The largest absolute Gasteiger partial charge is 0.504 e. The molecule has 0 unspecified atom stereocenters. The first-order valence-corrected chi connectivity index (χ1v) is 8.98. The molecule has 1 amide bonds. The Kier molecular flexibility index (Phi) is 5.42. The Morgan fingerprint density at radius 3 is 2.81 bits per heavy atom. The van der Waals surface area contributed by atoms with Gasteiger partial charge in [-0.15, -0.1) is 0 Å². The van der Waals surface area contributed by atoms with E-state index in [9.17, 15) is 14.7 Å². The summed E-state index contributed by atoms with van der Waals surface area (Å²) in [6.07, 6.45) is 4.51. The third-order valence-electron chi connectivity index (χ3n) is 4.23. The normalized spacial score (nSPS) is 14.2. The van der Waals surface area contributed by atoms with E-state index in [0.717, 1.165) is 12.1 Å². The van der Waals surface area contributed by atoms with Gasteiger partial charge in [-0.05, 0) is 48.4 Å². The van der Waals surface area contributed by atoms with E-state index in [-0.39, 0.29) is 17.4 Å². The zero-order valence-corrected chi connectivity index (χ0v) is 15.8. The smallest absolute Gasteiger partial charge is 0.227 e. The molecule has 1 aliphatic rings. The van der Waals surface area contributed by atoms with Gasteiger partial charge < -0.3 is 14.7 Å². The van der Waals surface area contributed by atoms with Crippen LogP contribution in [-0.2, 0) is 4.79 Å². The van der Waals surface area contributed by atoms with Gasteiger partial charge in [0.05, 0.1) is 7.11 Å². The number of carbonyl (C=O) groups excluding carboxylic acids is 2. The fraction of sp³-hybridized carbons (Fsp3) is 0.200. The summed E-state index contributed by atoms with van der Waals surface area (Å²) in [6, 6.07) is 10.2. The van der Waals surface area contributed by atoms with Crippen LogP contribution in [0.3, 0.4) is 0 Å². The van der Waals surface area contributed by atoms with E-state index in [2.05, 4.69) is 15.9 Å². The second-order valence-electron chi connectivity index (χ2n) is 5.94. The number of carbonyl (C=O) groups is 2. The molecule has 2 aromatic rings. The van der Waals surface area contributed by atoms with Gasteiger partial charge in [0, 0.05) is 28.7 Å². The number of halogens is 1. The van der Waals surface area contributed by atoms with E-state index in [1.54, 1.807) is 35.2 Å². The Morgan fingerprint density at radius 1 is 1.31 bits per heavy atom. The van der Waals surface area contributed by atoms with Crippen LogP contribution in [0.5, 0.6) is 11.5 Å². The lowest BCUT2D eigenvalue weighted by molar-refractivity contribution is -0.117. The van der Waals surface area contributed by atoms with Crippen molar-refractivity contribution < 1.29 is 19.4 Å². The molecular weight excluding hydrogens is 398 g/mol. The fourth-order valence-electron chi connectivity index (χ4n) is 2.86. The molecule has 1 N–H and O–H groups in total. The Morgan fingerprint density at radius 2 is 2.12 bits per heavy atom. The van der Waals surface area contributed by atoms with E-state index < -0.39 is 0 Å². The molecule has 5 nitrogen and oxygen atoms in total. The van der Waals surface area contributed by atoms with Crippen molar-refractivity contribution in [3.05, 3.63) is 58.1 Å². The van der Waals surface area contributed by atoms with E-state index in [1.807, 2.05) is 6.07 Å². The molecule has 0 spiro atoms. The molecule has 1 saturated heterocycles. The SMILES string of the molecule is COc1cc(C=CC(=O)c2cccc(N3CCCC3=O)c2)c(Br)cc1O. The fourth-order valence-corrected chi connectivity index (χ4v) is 3.32. The number of amides is 1. The number of phenols is 1. The minimum Gasteiger partial charge on any atom is -0.504 e. The Labute approximate surface area is 160 Å². The van der Waals surface area contributed by atoms with E-state index in [1.165, 1.54) is 19.3 Å². The van der Waals surface area contributed by atoms with Gasteiger partial charge in [0.2, 0.25) is 5.91 Å². The number of hydrogen-bond donors (Lipinski definition) is 1. The van der Waals surface area contributed by atoms with Crippen LogP contribution >= 0.6 is 15.9 Å². The lowest BCUT2D eigenvalue weighted by atomic mass is 10.1.